The number of halogens is 1. The third kappa shape index (κ3) is 2.32. The van der Waals surface area contributed by atoms with Crippen LogP contribution in [0.25, 0.3) is 0 Å². The summed E-state index contributed by atoms with van der Waals surface area (Å²) in [6, 6.07) is 0.386. The Morgan fingerprint density at radius 1 is 1.47 bits per heavy atom. The normalized spacial score (nSPS) is 28.4. The van der Waals surface area contributed by atoms with Crippen LogP contribution in [0.5, 0.6) is 0 Å². The fourth-order valence-electron chi connectivity index (χ4n) is 2.38. The lowest BCUT2D eigenvalue weighted by atomic mass is 9.98. The van der Waals surface area contributed by atoms with Crippen LogP contribution in [-0.2, 0) is 7.05 Å². The quantitative estimate of drug-likeness (QED) is 0.882. The molecule has 0 aliphatic heterocycles. The number of aromatic nitrogens is 2. The Morgan fingerprint density at radius 3 is 2.76 bits per heavy atom. The van der Waals surface area contributed by atoms with Crippen LogP contribution in [-0.4, -0.2) is 15.8 Å². The highest BCUT2D eigenvalue weighted by Gasteiger charge is 2.30. The molecule has 0 bridgehead atoms. The molecular formula is C12H18ClN3O. The summed E-state index contributed by atoms with van der Waals surface area (Å²) < 4.78 is 1.24. The third-order valence-electron chi connectivity index (χ3n) is 3.88. The second-order valence-corrected chi connectivity index (χ2v) is 5.34. The summed E-state index contributed by atoms with van der Waals surface area (Å²) in [6.45, 7) is 4.49. The minimum absolute atomic E-state index is 0.231. The highest BCUT2D eigenvalue weighted by molar-refractivity contribution is 6.32. The number of hydrogen-bond acceptors (Lipinski definition) is 3. The Labute approximate surface area is 106 Å². The molecule has 1 saturated carbocycles. The van der Waals surface area contributed by atoms with Gasteiger partial charge >= 0.3 is 0 Å². The summed E-state index contributed by atoms with van der Waals surface area (Å²) in [4.78, 5) is 11.6. The molecule has 17 heavy (non-hydrogen) atoms. The molecule has 1 aromatic rings. The molecule has 1 aliphatic carbocycles. The number of nitrogens with zero attached hydrogens (tertiary/aromatic N) is 2. The zero-order valence-corrected chi connectivity index (χ0v) is 11.2. The van der Waals surface area contributed by atoms with Crippen LogP contribution in [0.1, 0.15) is 26.7 Å². The van der Waals surface area contributed by atoms with Gasteiger partial charge in [0.05, 0.1) is 11.9 Å². The first-order valence-corrected chi connectivity index (χ1v) is 6.37. The van der Waals surface area contributed by atoms with E-state index in [1.165, 1.54) is 11.1 Å². The smallest absolute Gasteiger partial charge is 0.287 e. The van der Waals surface area contributed by atoms with Gasteiger partial charge in [-0.05, 0) is 24.7 Å². The Bertz CT molecular complexity index is 471. The van der Waals surface area contributed by atoms with E-state index in [0.717, 1.165) is 6.42 Å². The van der Waals surface area contributed by atoms with Crippen molar-refractivity contribution in [3.05, 3.63) is 21.6 Å². The lowest BCUT2D eigenvalue weighted by molar-refractivity contribution is 0.435. The fourth-order valence-corrected chi connectivity index (χ4v) is 2.61. The minimum atomic E-state index is -0.254. The first-order valence-electron chi connectivity index (χ1n) is 5.99. The largest absolute Gasteiger partial charge is 0.379 e. The molecule has 1 heterocycles. The van der Waals surface area contributed by atoms with E-state index in [1.807, 2.05) is 0 Å². The van der Waals surface area contributed by atoms with Crippen LogP contribution in [0.4, 0.5) is 5.69 Å². The zero-order chi connectivity index (χ0) is 12.6. The van der Waals surface area contributed by atoms with E-state index < -0.39 is 0 Å². The zero-order valence-electron chi connectivity index (χ0n) is 10.4. The van der Waals surface area contributed by atoms with E-state index in [9.17, 15) is 4.79 Å². The molecule has 0 amide bonds. The first-order chi connectivity index (χ1) is 8.00. The SMILES string of the molecule is CC1CCC(Nc2cnn(C)c(=O)c2Cl)C1C. The standard InChI is InChI=1S/C12H18ClN3O/c1-7-4-5-9(8(7)2)15-10-6-14-16(3)12(17)11(10)13/h6-9,15H,4-5H2,1-3H3. The average molecular weight is 256 g/mol. The van der Waals surface area contributed by atoms with E-state index in [1.54, 1.807) is 13.2 Å². The van der Waals surface area contributed by atoms with Gasteiger partial charge in [0.1, 0.15) is 5.02 Å². The van der Waals surface area contributed by atoms with Crippen molar-refractivity contribution in [2.75, 3.05) is 5.32 Å². The van der Waals surface area contributed by atoms with E-state index in [0.29, 0.717) is 23.6 Å². The van der Waals surface area contributed by atoms with Crippen LogP contribution in [0, 0.1) is 11.8 Å². The van der Waals surface area contributed by atoms with Crippen molar-refractivity contribution < 1.29 is 0 Å². The topological polar surface area (TPSA) is 46.9 Å². The van der Waals surface area contributed by atoms with Crippen LogP contribution in [0.2, 0.25) is 5.02 Å². The number of aryl methyl sites for hydroxylation is 1. The van der Waals surface area contributed by atoms with Crippen LogP contribution < -0.4 is 10.9 Å². The maximum Gasteiger partial charge on any atom is 0.287 e. The summed E-state index contributed by atoms with van der Waals surface area (Å²) in [5.74, 6) is 1.31. The van der Waals surface area contributed by atoms with Gasteiger partial charge in [-0.2, -0.15) is 5.10 Å². The fraction of sp³-hybridized carbons (Fsp3) is 0.667. The van der Waals surface area contributed by atoms with Crippen molar-refractivity contribution in [3.8, 4) is 0 Å². The van der Waals surface area contributed by atoms with Crippen molar-refractivity contribution in [2.24, 2.45) is 18.9 Å². The number of rotatable bonds is 2. The maximum atomic E-state index is 11.6. The van der Waals surface area contributed by atoms with Crippen molar-refractivity contribution in [2.45, 2.75) is 32.7 Å². The third-order valence-corrected chi connectivity index (χ3v) is 4.25. The van der Waals surface area contributed by atoms with Crippen molar-refractivity contribution >= 4 is 17.3 Å². The van der Waals surface area contributed by atoms with E-state index in [-0.39, 0.29) is 10.6 Å². The van der Waals surface area contributed by atoms with Crippen molar-refractivity contribution in [1.29, 1.82) is 0 Å². The lowest BCUT2D eigenvalue weighted by Crippen LogP contribution is -2.27. The molecule has 94 valence electrons. The van der Waals surface area contributed by atoms with E-state index in [2.05, 4.69) is 24.3 Å². The molecule has 2 rings (SSSR count). The highest BCUT2D eigenvalue weighted by Crippen LogP contribution is 2.33. The lowest BCUT2D eigenvalue weighted by Gasteiger charge is -2.21. The number of nitrogens with one attached hydrogen (secondary N) is 1. The molecule has 3 atom stereocenters. The summed E-state index contributed by atoms with van der Waals surface area (Å²) in [5, 5.41) is 7.56. The second-order valence-electron chi connectivity index (χ2n) is 4.97. The van der Waals surface area contributed by atoms with Crippen LogP contribution in [0.15, 0.2) is 11.0 Å². The van der Waals surface area contributed by atoms with Gasteiger partial charge < -0.3 is 5.32 Å². The van der Waals surface area contributed by atoms with Gasteiger partial charge in [-0.3, -0.25) is 4.79 Å². The Kier molecular flexibility index (Phi) is 3.43. The van der Waals surface area contributed by atoms with Crippen molar-refractivity contribution in [3.63, 3.8) is 0 Å². The molecule has 0 aromatic carbocycles. The predicted molar refractivity (Wildman–Crippen MR) is 69.5 cm³/mol. The molecule has 3 unspecified atom stereocenters. The molecular weight excluding hydrogens is 238 g/mol. The van der Waals surface area contributed by atoms with Crippen LogP contribution >= 0.6 is 11.6 Å². The summed E-state index contributed by atoms with van der Waals surface area (Å²) in [6.07, 6.45) is 3.96. The first kappa shape index (κ1) is 12.4. The van der Waals surface area contributed by atoms with E-state index in [4.69, 9.17) is 11.6 Å². The summed E-state index contributed by atoms with van der Waals surface area (Å²) in [5.41, 5.74) is 0.399. The highest BCUT2D eigenvalue weighted by atomic mass is 35.5. The Hall–Kier alpha value is -1.03. The van der Waals surface area contributed by atoms with Gasteiger partial charge in [-0.25, -0.2) is 4.68 Å². The van der Waals surface area contributed by atoms with Gasteiger partial charge in [0, 0.05) is 13.1 Å². The van der Waals surface area contributed by atoms with Crippen LogP contribution in [0.3, 0.4) is 0 Å². The maximum absolute atomic E-state index is 11.6. The molecule has 5 heteroatoms. The Balaban J connectivity index is 2.20. The average Bonchev–Trinajstić information content (AvgIpc) is 2.62. The van der Waals surface area contributed by atoms with Gasteiger partial charge in [0.25, 0.3) is 5.56 Å². The monoisotopic (exact) mass is 255 g/mol. The molecule has 1 aliphatic rings. The molecule has 1 aromatic heterocycles. The molecule has 1 fully saturated rings. The molecule has 0 saturated heterocycles. The van der Waals surface area contributed by atoms with Gasteiger partial charge in [-0.15, -0.1) is 0 Å². The number of anilines is 1. The van der Waals surface area contributed by atoms with E-state index >= 15 is 0 Å². The minimum Gasteiger partial charge on any atom is -0.379 e. The second kappa shape index (κ2) is 4.69. The van der Waals surface area contributed by atoms with Gasteiger partial charge in [0.2, 0.25) is 0 Å². The van der Waals surface area contributed by atoms with Gasteiger partial charge in [-0.1, -0.05) is 25.4 Å². The summed E-state index contributed by atoms with van der Waals surface area (Å²) in [7, 11) is 1.60. The predicted octanol–water partition coefficient (Wildman–Crippen LogP) is 2.28. The molecule has 4 nitrogen and oxygen atoms in total. The summed E-state index contributed by atoms with van der Waals surface area (Å²) >= 11 is 6.03. The Morgan fingerprint density at radius 2 is 2.18 bits per heavy atom. The van der Waals surface area contributed by atoms with Gasteiger partial charge in [0.15, 0.2) is 0 Å². The molecule has 0 radical (unpaired) electrons. The molecule has 0 spiro atoms. The van der Waals surface area contributed by atoms with Crippen molar-refractivity contribution in [1.82, 2.24) is 9.78 Å². The number of hydrogen-bond donors (Lipinski definition) is 1. The molecule has 1 N–H and O–H groups in total.